The molecule has 1 rings (SSSR count). The SMILES string of the molecule is CCCCCCCCCCCCCCCCCC(=O)OS(=O)(=O)Oc1ccccc1.[H-].[Na+]. The third-order valence-corrected chi connectivity index (χ3v) is 5.91. The smallest absolute Gasteiger partial charge is 1.00 e. The van der Waals surface area contributed by atoms with Crippen molar-refractivity contribution < 1.29 is 52.6 Å². The zero-order valence-electron chi connectivity index (χ0n) is 20.6. The van der Waals surface area contributed by atoms with Crippen molar-refractivity contribution in [2.24, 2.45) is 0 Å². The summed E-state index contributed by atoms with van der Waals surface area (Å²) in [6.07, 6.45) is 18.7. The molecule has 0 spiro atoms. The summed E-state index contributed by atoms with van der Waals surface area (Å²) in [6, 6.07) is 7.99. The van der Waals surface area contributed by atoms with E-state index in [4.69, 9.17) is 4.18 Å². The summed E-state index contributed by atoms with van der Waals surface area (Å²) in [5.74, 6) is -0.641. The van der Waals surface area contributed by atoms with Crippen molar-refractivity contribution >= 4 is 16.4 Å². The molecular formula is C24H41NaO5S. The Balaban J connectivity index is 0. The molecule has 0 saturated carbocycles. The van der Waals surface area contributed by atoms with Crippen molar-refractivity contribution in [2.75, 3.05) is 0 Å². The van der Waals surface area contributed by atoms with Crippen LogP contribution in [0.15, 0.2) is 30.3 Å². The minimum atomic E-state index is -4.35. The zero-order valence-corrected chi connectivity index (χ0v) is 22.5. The Kier molecular flexibility index (Phi) is 19.7. The van der Waals surface area contributed by atoms with Crippen LogP contribution in [0.1, 0.15) is 111 Å². The molecule has 174 valence electrons. The number of hydrogen-bond donors (Lipinski definition) is 0. The van der Waals surface area contributed by atoms with E-state index in [0.29, 0.717) is 6.42 Å². The van der Waals surface area contributed by atoms with E-state index in [9.17, 15) is 13.2 Å². The summed E-state index contributed by atoms with van der Waals surface area (Å²) >= 11 is 0. The van der Waals surface area contributed by atoms with Crippen LogP contribution >= 0.6 is 0 Å². The third kappa shape index (κ3) is 18.7. The van der Waals surface area contributed by atoms with Crippen molar-refractivity contribution in [3.05, 3.63) is 30.3 Å². The van der Waals surface area contributed by atoms with Gasteiger partial charge >= 0.3 is 45.9 Å². The first-order valence-corrected chi connectivity index (χ1v) is 13.1. The summed E-state index contributed by atoms with van der Waals surface area (Å²) in [5, 5.41) is 0. The van der Waals surface area contributed by atoms with Crippen molar-refractivity contribution in [2.45, 2.75) is 110 Å². The average Bonchev–Trinajstić information content (AvgIpc) is 2.71. The largest absolute Gasteiger partial charge is 1.00 e. The number of rotatable bonds is 19. The first kappa shape index (κ1) is 30.4. The fourth-order valence-corrected chi connectivity index (χ4v) is 4.10. The quantitative estimate of drug-likeness (QED) is 0.226. The van der Waals surface area contributed by atoms with Gasteiger partial charge in [-0.15, -0.1) is 8.42 Å². The Bertz CT molecular complexity index is 656. The second kappa shape index (κ2) is 20.1. The van der Waals surface area contributed by atoms with Gasteiger partial charge in [0.2, 0.25) is 0 Å². The molecule has 0 heterocycles. The molecule has 1 aromatic rings. The van der Waals surface area contributed by atoms with Gasteiger partial charge in [-0.05, 0) is 18.6 Å². The molecule has 31 heavy (non-hydrogen) atoms. The number of unbranched alkanes of at least 4 members (excludes halogenated alkanes) is 14. The summed E-state index contributed by atoms with van der Waals surface area (Å²) < 4.78 is 32.6. The van der Waals surface area contributed by atoms with E-state index in [1.807, 2.05) is 0 Å². The third-order valence-electron chi connectivity index (χ3n) is 5.12. The molecule has 0 aliphatic heterocycles. The first-order chi connectivity index (χ1) is 14.5. The maximum absolute atomic E-state index is 11.7. The van der Waals surface area contributed by atoms with Crippen LogP contribution in [0.3, 0.4) is 0 Å². The predicted octanol–water partition coefficient (Wildman–Crippen LogP) is 4.23. The molecule has 0 fully saturated rings. The Labute approximate surface area is 213 Å². The number of para-hydroxylation sites is 1. The second-order valence-electron chi connectivity index (χ2n) is 7.96. The van der Waals surface area contributed by atoms with Crippen molar-refractivity contribution in [1.82, 2.24) is 0 Å². The van der Waals surface area contributed by atoms with E-state index in [0.717, 1.165) is 12.8 Å². The Hall–Kier alpha value is -0.560. The van der Waals surface area contributed by atoms with E-state index >= 15 is 0 Å². The maximum atomic E-state index is 11.7. The van der Waals surface area contributed by atoms with Crippen molar-refractivity contribution in [3.8, 4) is 5.75 Å². The normalized spacial score (nSPS) is 11.0. The molecule has 0 bridgehead atoms. The van der Waals surface area contributed by atoms with Crippen molar-refractivity contribution in [3.63, 3.8) is 0 Å². The summed E-state index contributed by atoms with van der Waals surface area (Å²) in [6.45, 7) is 2.25. The van der Waals surface area contributed by atoms with Gasteiger partial charge in [-0.2, -0.15) is 0 Å². The first-order valence-electron chi connectivity index (χ1n) is 11.8. The van der Waals surface area contributed by atoms with E-state index in [2.05, 4.69) is 11.1 Å². The Morgan fingerprint density at radius 3 is 1.61 bits per heavy atom. The van der Waals surface area contributed by atoms with Gasteiger partial charge in [0.15, 0.2) is 0 Å². The zero-order chi connectivity index (χ0) is 21.9. The molecule has 5 nitrogen and oxygen atoms in total. The predicted molar refractivity (Wildman–Crippen MR) is 123 cm³/mol. The van der Waals surface area contributed by atoms with Crippen LogP contribution in [0.25, 0.3) is 0 Å². The van der Waals surface area contributed by atoms with Gasteiger partial charge in [0, 0.05) is 6.42 Å². The summed E-state index contributed by atoms with van der Waals surface area (Å²) in [7, 11) is -4.35. The van der Waals surface area contributed by atoms with Gasteiger partial charge in [-0.3, -0.25) is 4.79 Å². The van der Waals surface area contributed by atoms with E-state index in [-0.39, 0.29) is 43.2 Å². The van der Waals surface area contributed by atoms with Crippen LogP contribution in [-0.4, -0.2) is 14.4 Å². The second-order valence-corrected chi connectivity index (χ2v) is 9.11. The number of hydrogen-bond acceptors (Lipinski definition) is 5. The van der Waals surface area contributed by atoms with Crippen molar-refractivity contribution in [1.29, 1.82) is 0 Å². The van der Waals surface area contributed by atoms with Gasteiger partial charge in [0.1, 0.15) is 5.75 Å². The Morgan fingerprint density at radius 1 is 0.742 bits per heavy atom. The van der Waals surface area contributed by atoms with Gasteiger partial charge < -0.3 is 9.79 Å². The van der Waals surface area contributed by atoms with Crippen LogP contribution in [0, 0.1) is 0 Å². The molecule has 0 unspecified atom stereocenters. The van der Waals surface area contributed by atoms with Gasteiger partial charge in [0.05, 0.1) is 0 Å². The summed E-state index contributed by atoms with van der Waals surface area (Å²) in [5.41, 5.74) is 0. The van der Waals surface area contributed by atoms with Crippen LogP contribution in [0.4, 0.5) is 0 Å². The molecule has 0 aliphatic carbocycles. The maximum Gasteiger partial charge on any atom is 1.00 e. The molecule has 0 saturated heterocycles. The molecule has 0 aliphatic rings. The topological polar surface area (TPSA) is 69.7 Å². The fraction of sp³-hybridized carbons (Fsp3) is 0.708. The van der Waals surface area contributed by atoms with Gasteiger partial charge in [-0.25, -0.2) is 0 Å². The van der Waals surface area contributed by atoms with Crippen LogP contribution in [0.5, 0.6) is 5.75 Å². The minimum absolute atomic E-state index is 0. The van der Waals surface area contributed by atoms with Crippen LogP contribution in [0.2, 0.25) is 0 Å². The average molecular weight is 465 g/mol. The number of carbonyl (C=O) groups excluding carboxylic acids is 1. The van der Waals surface area contributed by atoms with E-state index < -0.39 is 16.4 Å². The van der Waals surface area contributed by atoms with Gasteiger partial charge in [0.25, 0.3) is 0 Å². The molecule has 0 radical (unpaired) electrons. The van der Waals surface area contributed by atoms with Gasteiger partial charge in [-0.1, -0.05) is 115 Å². The minimum Gasteiger partial charge on any atom is -1.00 e. The molecule has 0 atom stereocenters. The molecule has 0 amide bonds. The summed E-state index contributed by atoms with van der Waals surface area (Å²) in [4.78, 5) is 11.7. The van der Waals surface area contributed by atoms with Crippen LogP contribution in [-0.2, 0) is 19.4 Å². The molecule has 0 N–H and O–H groups in total. The van der Waals surface area contributed by atoms with Crippen LogP contribution < -0.4 is 33.7 Å². The van der Waals surface area contributed by atoms with E-state index in [1.54, 1.807) is 18.2 Å². The molecule has 1 aromatic carbocycles. The standard InChI is InChI=1S/C24H40O5S.Na.H/c1-2-3-4-5-6-7-8-9-10-11-12-13-14-15-19-22-24(25)29-30(26,27)28-23-20-17-16-18-21-23;;/h16-18,20-21H,2-15,19,22H2,1H3;;/q;+1;-1. The fourth-order valence-electron chi connectivity index (χ4n) is 3.41. The van der Waals surface area contributed by atoms with E-state index in [1.165, 1.54) is 89.2 Å². The molecule has 7 heteroatoms. The monoisotopic (exact) mass is 464 g/mol. The number of carbonyl (C=O) groups is 1. The molecule has 0 aromatic heterocycles. The number of benzene rings is 1. The Morgan fingerprint density at radius 2 is 1.16 bits per heavy atom. The molecular weight excluding hydrogens is 423 g/mol.